The van der Waals surface area contributed by atoms with Gasteiger partial charge >= 0.3 is 120 Å². The van der Waals surface area contributed by atoms with E-state index in [4.69, 9.17) is 23.2 Å². The van der Waals surface area contributed by atoms with Crippen LogP contribution >= 0.6 is 23.2 Å². The minimum absolute atomic E-state index is 0. The summed E-state index contributed by atoms with van der Waals surface area (Å²) in [5, 5.41) is 1.53. The summed E-state index contributed by atoms with van der Waals surface area (Å²) in [6.07, 6.45) is 11.0. The molecule has 0 unspecified atom stereocenters. The van der Waals surface area contributed by atoms with E-state index >= 15 is 0 Å². The normalized spacial score (nSPS) is 12.4. The van der Waals surface area contributed by atoms with Gasteiger partial charge in [0, 0.05) is 0 Å². The van der Waals surface area contributed by atoms with Gasteiger partial charge in [-0.25, -0.2) is 12.2 Å². The van der Waals surface area contributed by atoms with E-state index in [2.05, 4.69) is 104 Å². The standard InChI is InChI=1S/C23H29.C13H8Cl2.C5H5.2ClH.Zr/c1-14-9-16-11-17-10-15(2)21(23(6,7)8)13-19(17)18(16)12-20(14)22(3,4)5;14-12-5-1-3-10(8-12)7-11-4-2-6-13(15)9-11;1-2-4-5-3-1;;;/h9,12-13H,11H2,1-8H3;1-6,8-9H;1-3H,4H2;2*1H;/q-1;;-1;;;+2/p-2. The summed E-state index contributed by atoms with van der Waals surface area (Å²) < 4.78 is 1.26. The van der Waals surface area contributed by atoms with Crippen LogP contribution in [0.25, 0.3) is 11.1 Å². The van der Waals surface area contributed by atoms with E-state index < -0.39 is 0 Å². The molecule has 6 rings (SSSR count). The molecular weight excluding hydrogens is 725 g/mol. The Balaban J connectivity index is 0.000000278. The SMILES string of the molecule is Cc1[c-]c2c(cc1C(C)(C)C)-c1cc(C(C)(C)C)c(C)cc1C2.Clc1cccc([C](=[Zr+2])c2cccc(Cl)c2)c1.[C-]1=CC=CC1.[Cl-].[Cl-]. The molecule has 46 heavy (non-hydrogen) atoms. The Morgan fingerprint density at radius 3 is 1.72 bits per heavy atom. The molecule has 5 heteroatoms. The van der Waals surface area contributed by atoms with Crippen molar-refractivity contribution >= 4 is 26.4 Å². The van der Waals surface area contributed by atoms with Crippen molar-refractivity contribution in [3.05, 3.63) is 152 Å². The predicted molar refractivity (Wildman–Crippen MR) is 188 cm³/mol. The minimum Gasteiger partial charge on any atom is -1.00 e. The average Bonchev–Trinajstić information content (AvgIpc) is 3.62. The zero-order valence-electron chi connectivity index (χ0n) is 28.0. The molecule has 2 aliphatic rings. The number of benzene rings is 4. The van der Waals surface area contributed by atoms with Crippen molar-refractivity contribution in [2.45, 2.75) is 79.1 Å². The molecule has 0 radical (unpaired) electrons. The number of hydrogen-bond acceptors (Lipinski definition) is 0. The van der Waals surface area contributed by atoms with Crippen molar-refractivity contribution in [2.24, 2.45) is 0 Å². The first-order valence-corrected chi connectivity index (χ1v) is 17.2. The Kier molecular flexibility index (Phi) is 15.0. The molecule has 0 saturated carbocycles. The van der Waals surface area contributed by atoms with Crippen LogP contribution in [0, 0.1) is 26.0 Å². The second kappa shape index (κ2) is 17.1. The number of allylic oxidation sites excluding steroid dienone is 4. The van der Waals surface area contributed by atoms with Crippen molar-refractivity contribution < 1.29 is 49.0 Å². The zero-order chi connectivity index (χ0) is 32.2. The van der Waals surface area contributed by atoms with Gasteiger partial charge in [0.05, 0.1) is 0 Å². The van der Waals surface area contributed by atoms with E-state index in [-0.39, 0.29) is 35.6 Å². The summed E-state index contributed by atoms with van der Waals surface area (Å²) in [5.74, 6) is 0. The summed E-state index contributed by atoms with van der Waals surface area (Å²) in [7, 11) is 0. The molecule has 0 atom stereocenters. The van der Waals surface area contributed by atoms with E-state index in [1.165, 1.54) is 71.9 Å². The largest absolute Gasteiger partial charge is 1.00 e. The summed E-state index contributed by atoms with van der Waals surface area (Å²) in [5.41, 5.74) is 13.9. The van der Waals surface area contributed by atoms with E-state index in [9.17, 15) is 0 Å². The fourth-order valence-electron chi connectivity index (χ4n) is 5.82. The molecule has 0 fully saturated rings. The molecule has 0 N–H and O–H groups in total. The predicted octanol–water partition coefficient (Wildman–Crippen LogP) is 5.69. The second-order valence-corrected chi connectivity index (χ2v) is 15.7. The van der Waals surface area contributed by atoms with Crippen LogP contribution < -0.4 is 24.8 Å². The Hall–Kier alpha value is -1.73. The van der Waals surface area contributed by atoms with Crippen LogP contribution in [0.2, 0.25) is 10.0 Å². The van der Waals surface area contributed by atoms with Crippen LogP contribution in [0.1, 0.15) is 92.5 Å². The van der Waals surface area contributed by atoms with Gasteiger partial charge in [0.1, 0.15) is 0 Å². The molecule has 0 heterocycles. The van der Waals surface area contributed by atoms with Gasteiger partial charge in [-0.05, 0) is 35.4 Å². The van der Waals surface area contributed by atoms with Gasteiger partial charge in [-0.15, -0.1) is 23.1 Å². The van der Waals surface area contributed by atoms with Crippen molar-refractivity contribution in [1.29, 1.82) is 0 Å². The number of aryl methyl sites for hydroxylation is 2. The fraction of sp³-hybridized carbons (Fsp3) is 0.293. The van der Waals surface area contributed by atoms with Crippen LogP contribution in [0.15, 0.2) is 85.0 Å². The molecule has 0 nitrogen and oxygen atoms in total. The van der Waals surface area contributed by atoms with E-state index in [0.29, 0.717) is 0 Å². The first kappa shape index (κ1) is 40.4. The summed E-state index contributed by atoms with van der Waals surface area (Å²) in [4.78, 5) is 0. The van der Waals surface area contributed by atoms with Crippen molar-refractivity contribution in [2.75, 3.05) is 0 Å². The van der Waals surface area contributed by atoms with Crippen LogP contribution in [0.5, 0.6) is 0 Å². The number of halogens is 4. The Bertz CT molecular complexity index is 1610. The van der Waals surface area contributed by atoms with Gasteiger partial charge in [0.25, 0.3) is 0 Å². The van der Waals surface area contributed by atoms with Crippen molar-refractivity contribution in [3.63, 3.8) is 0 Å². The summed E-state index contributed by atoms with van der Waals surface area (Å²) in [6.45, 7) is 18.2. The zero-order valence-corrected chi connectivity index (χ0v) is 33.5. The Morgan fingerprint density at radius 1 is 0.739 bits per heavy atom. The molecule has 4 aromatic carbocycles. The minimum atomic E-state index is 0. The molecule has 240 valence electrons. The van der Waals surface area contributed by atoms with Gasteiger partial charge in [-0.2, -0.15) is 23.8 Å². The third kappa shape index (κ3) is 10.4. The molecule has 0 aromatic heterocycles. The molecule has 0 bridgehead atoms. The van der Waals surface area contributed by atoms with Gasteiger partial charge in [0.2, 0.25) is 0 Å². The van der Waals surface area contributed by atoms with Crippen LogP contribution in [0.4, 0.5) is 0 Å². The Morgan fingerprint density at radius 2 is 1.28 bits per heavy atom. The van der Waals surface area contributed by atoms with E-state index in [1.54, 1.807) is 0 Å². The van der Waals surface area contributed by atoms with E-state index in [0.717, 1.165) is 34.0 Å². The van der Waals surface area contributed by atoms with Gasteiger partial charge < -0.3 is 24.8 Å². The second-order valence-electron chi connectivity index (χ2n) is 13.6. The summed E-state index contributed by atoms with van der Waals surface area (Å²) in [6, 6.07) is 26.7. The number of hydrogen-bond donors (Lipinski definition) is 0. The maximum Gasteiger partial charge on any atom is -0.109 e. The molecule has 4 aromatic rings. The summed E-state index contributed by atoms with van der Waals surface area (Å²) >= 11 is 13.3. The van der Waals surface area contributed by atoms with Gasteiger partial charge in [0.15, 0.2) is 0 Å². The fourth-order valence-corrected chi connectivity index (χ4v) is 6.96. The van der Waals surface area contributed by atoms with Crippen LogP contribution in [0.3, 0.4) is 0 Å². The third-order valence-electron chi connectivity index (χ3n) is 7.89. The van der Waals surface area contributed by atoms with Crippen LogP contribution in [-0.2, 0) is 41.5 Å². The molecular formula is C41H42Cl4Zr-2. The first-order valence-electron chi connectivity index (χ1n) is 15.2. The van der Waals surface area contributed by atoms with Crippen molar-refractivity contribution in [3.8, 4) is 11.1 Å². The van der Waals surface area contributed by atoms with E-state index in [1.807, 2.05) is 48.6 Å². The third-order valence-corrected chi connectivity index (χ3v) is 9.78. The Labute approximate surface area is 314 Å². The monoisotopic (exact) mass is 764 g/mol. The molecule has 0 saturated heterocycles. The molecule has 0 amide bonds. The maximum atomic E-state index is 5.98. The topological polar surface area (TPSA) is 0 Å². The van der Waals surface area contributed by atoms with Crippen LogP contribution in [-0.4, -0.2) is 3.21 Å². The van der Waals surface area contributed by atoms with Gasteiger partial charge in [-0.3, -0.25) is 6.08 Å². The first-order chi connectivity index (χ1) is 20.6. The quantitative estimate of drug-likeness (QED) is 0.203. The molecule has 2 aliphatic carbocycles. The average molecular weight is 768 g/mol. The number of fused-ring (bicyclic) bond motifs is 3. The number of rotatable bonds is 2. The smallest absolute Gasteiger partial charge is 0.109 e. The maximum absolute atomic E-state index is 5.98. The molecule has 0 spiro atoms. The van der Waals surface area contributed by atoms with Crippen molar-refractivity contribution in [1.82, 2.24) is 0 Å². The molecule has 0 aliphatic heterocycles. The van der Waals surface area contributed by atoms with Gasteiger partial charge in [-0.1, -0.05) is 71.6 Å².